The molecule has 0 aliphatic carbocycles. The molecular weight excluding hydrogens is 486 g/mol. The van der Waals surface area contributed by atoms with E-state index >= 15 is 0 Å². The summed E-state index contributed by atoms with van der Waals surface area (Å²) in [6, 6.07) is 4.02. The molecule has 10 heteroatoms. The van der Waals surface area contributed by atoms with E-state index in [1.54, 1.807) is 6.20 Å². The average molecular weight is 528 g/mol. The van der Waals surface area contributed by atoms with Crippen LogP contribution in [-0.2, 0) is 25.6 Å². The normalized spacial score (nSPS) is 19.4. The molecule has 1 aromatic heterocycles. The molecule has 6 unspecified atom stereocenters. The first kappa shape index (κ1) is 29.2. The Kier molecular flexibility index (Phi) is 9.90. The molecule has 2 aromatic rings. The zero-order valence-corrected chi connectivity index (χ0v) is 22.7. The van der Waals surface area contributed by atoms with Gasteiger partial charge in [0.2, 0.25) is 17.7 Å². The summed E-state index contributed by atoms with van der Waals surface area (Å²) >= 11 is 0. The summed E-state index contributed by atoms with van der Waals surface area (Å²) < 4.78 is 0. The van der Waals surface area contributed by atoms with Crippen molar-refractivity contribution in [3.63, 3.8) is 0 Å². The van der Waals surface area contributed by atoms with Crippen molar-refractivity contribution in [3.8, 4) is 0 Å². The number of carboxylic acids is 1. The first-order valence-electron chi connectivity index (χ1n) is 13.5. The van der Waals surface area contributed by atoms with Crippen molar-refractivity contribution < 1.29 is 24.3 Å². The molecule has 1 fully saturated rings. The van der Waals surface area contributed by atoms with Gasteiger partial charge >= 0.3 is 5.97 Å². The number of benzene rings is 1. The molecule has 1 aromatic carbocycles. The summed E-state index contributed by atoms with van der Waals surface area (Å²) in [7, 11) is 0. The number of hydrogen-bond acceptors (Lipinski definition) is 5. The molecule has 1 aliphatic heterocycles. The lowest BCUT2D eigenvalue weighted by molar-refractivity contribution is -0.143. The fraction of sp³-hybridized carbons (Fsp3) is 0.571. The molecule has 208 valence electrons. The van der Waals surface area contributed by atoms with E-state index in [0.29, 0.717) is 25.8 Å². The predicted molar refractivity (Wildman–Crippen MR) is 145 cm³/mol. The van der Waals surface area contributed by atoms with Gasteiger partial charge in [0, 0.05) is 30.1 Å². The van der Waals surface area contributed by atoms with Gasteiger partial charge in [0.05, 0.1) is 6.04 Å². The molecule has 1 aliphatic rings. The third-order valence-corrected chi connectivity index (χ3v) is 7.89. The summed E-state index contributed by atoms with van der Waals surface area (Å²) in [5.41, 5.74) is 7.82. The second kappa shape index (κ2) is 12.9. The van der Waals surface area contributed by atoms with Crippen LogP contribution in [0.4, 0.5) is 0 Å². The van der Waals surface area contributed by atoms with Gasteiger partial charge < -0.3 is 31.4 Å². The van der Waals surface area contributed by atoms with Gasteiger partial charge in [0.15, 0.2) is 0 Å². The summed E-state index contributed by atoms with van der Waals surface area (Å²) in [5.74, 6) is -2.68. The number of aromatic amines is 1. The Labute approximate surface area is 223 Å². The number of carboxylic acid groups (broad SMARTS) is 1. The smallest absolute Gasteiger partial charge is 0.326 e. The molecule has 6 atom stereocenters. The van der Waals surface area contributed by atoms with E-state index in [4.69, 9.17) is 5.73 Å². The van der Waals surface area contributed by atoms with Crippen molar-refractivity contribution in [2.24, 2.45) is 17.6 Å². The number of nitrogens with zero attached hydrogens (tertiary/aromatic N) is 1. The Morgan fingerprint density at radius 1 is 1.11 bits per heavy atom. The van der Waals surface area contributed by atoms with E-state index in [1.807, 2.05) is 52.0 Å². The highest BCUT2D eigenvalue weighted by Gasteiger charge is 2.39. The second-order valence-electron chi connectivity index (χ2n) is 10.4. The number of fused-ring (bicyclic) bond motifs is 1. The van der Waals surface area contributed by atoms with Gasteiger partial charge in [0.1, 0.15) is 18.1 Å². The SMILES string of the molecule is CCC(C)C(N)C(=O)N1CCCC1C(=O)NC(C(=O)NC(Cc1c[nH]c2ccccc12)C(=O)O)C(C)CC. The van der Waals surface area contributed by atoms with Crippen LogP contribution in [0.3, 0.4) is 0 Å². The fourth-order valence-electron chi connectivity index (χ4n) is 4.93. The quantitative estimate of drug-likeness (QED) is 0.285. The maximum Gasteiger partial charge on any atom is 0.326 e. The lowest BCUT2D eigenvalue weighted by atomic mass is 9.96. The van der Waals surface area contributed by atoms with E-state index in [-0.39, 0.29) is 24.2 Å². The highest BCUT2D eigenvalue weighted by Crippen LogP contribution is 2.22. The minimum atomic E-state index is -1.18. The largest absolute Gasteiger partial charge is 0.480 e. The Balaban J connectivity index is 1.73. The van der Waals surface area contributed by atoms with E-state index < -0.39 is 42.0 Å². The summed E-state index contributed by atoms with van der Waals surface area (Å²) in [4.78, 5) is 56.4. The van der Waals surface area contributed by atoms with E-state index in [2.05, 4.69) is 15.6 Å². The molecule has 0 radical (unpaired) electrons. The summed E-state index contributed by atoms with van der Waals surface area (Å²) in [5, 5.41) is 16.2. The predicted octanol–water partition coefficient (Wildman–Crippen LogP) is 2.18. The molecule has 0 bridgehead atoms. The number of para-hydroxylation sites is 1. The zero-order valence-electron chi connectivity index (χ0n) is 22.7. The molecule has 0 saturated carbocycles. The number of H-pyrrole nitrogens is 1. The van der Waals surface area contributed by atoms with Crippen molar-refractivity contribution in [1.29, 1.82) is 0 Å². The summed E-state index contributed by atoms with van der Waals surface area (Å²) in [6.07, 6.45) is 4.32. The van der Waals surface area contributed by atoms with Crippen LogP contribution in [0.15, 0.2) is 30.5 Å². The highest BCUT2D eigenvalue weighted by atomic mass is 16.4. The van der Waals surface area contributed by atoms with Crippen LogP contribution in [0, 0.1) is 11.8 Å². The molecule has 1 saturated heterocycles. The molecule has 2 heterocycles. The van der Waals surface area contributed by atoms with Gasteiger partial charge in [-0.2, -0.15) is 0 Å². The van der Waals surface area contributed by atoms with Crippen molar-refractivity contribution >= 4 is 34.6 Å². The minimum absolute atomic E-state index is 0.0180. The standard InChI is InChI=1S/C28H41N5O5/c1-5-16(3)23(29)27(36)33-13-9-12-22(33)25(34)32-24(17(4)6-2)26(35)31-21(28(37)38)14-18-15-30-20-11-8-7-10-19(18)20/h7-8,10-11,15-17,21-24,30H,5-6,9,12-14,29H2,1-4H3,(H,31,35)(H,32,34)(H,37,38). The monoisotopic (exact) mass is 527 g/mol. The van der Waals surface area contributed by atoms with Gasteiger partial charge in [-0.25, -0.2) is 4.79 Å². The zero-order chi connectivity index (χ0) is 28.0. The molecular formula is C28H41N5O5. The van der Waals surface area contributed by atoms with Gasteiger partial charge in [-0.05, 0) is 36.3 Å². The van der Waals surface area contributed by atoms with Gasteiger partial charge in [0.25, 0.3) is 0 Å². The van der Waals surface area contributed by atoms with Crippen LogP contribution in [0.25, 0.3) is 10.9 Å². The highest BCUT2D eigenvalue weighted by molar-refractivity contribution is 5.95. The molecule has 3 rings (SSSR count). The van der Waals surface area contributed by atoms with Crippen LogP contribution < -0.4 is 16.4 Å². The number of carbonyl (C=O) groups is 4. The van der Waals surface area contributed by atoms with E-state index in [1.165, 1.54) is 4.90 Å². The third kappa shape index (κ3) is 6.53. The average Bonchev–Trinajstić information content (AvgIpc) is 3.57. The van der Waals surface area contributed by atoms with Crippen LogP contribution in [-0.4, -0.2) is 69.4 Å². The first-order chi connectivity index (χ1) is 18.1. The number of aliphatic carboxylic acids is 1. The van der Waals surface area contributed by atoms with Crippen molar-refractivity contribution in [2.75, 3.05) is 6.54 Å². The molecule has 38 heavy (non-hydrogen) atoms. The Morgan fingerprint density at radius 2 is 1.79 bits per heavy atom. The maximum absolute atomic E-state index is 13.4. The van der Waals surface area contributed by atoms with Gasteiger partial charge in [-0.1, -0.05) is 58.7 Å². The first-order valence-corrected chi connectivity index (χ1v) is 13.5. The van der Waals surface area contributed by atoms with Crippen LogP contribution in [0.5, 0.6) is 0 Å². The fourth-order valence-corrected chi connectivity index (χ4v) is 4.93. The molecule has 3 amide bonds. The number of nitrogens with two attached hydrogens (primary N) is 1. The number of rotatable bonds is 12. The number of likely N-dealkylation sites (tertiary alicyclic amines) is 1. The topological polar surface area (TPSA) is 158 Å². The molecule has 0 spiro atoms. The number of hydrogen-bond donors (Lipinski definition) is 5. The minimum Gasteiger partial charge on any atom is -0.480 e. The molecule has 10 nitrogen and oxygen atoms in total. The Hall–Kier alpha value is -3.40. The van der Waals surface area contributed by atoms with Gasteiger partial charge in [-0.3, -0.25) is 14.4 Å². The Morgan fingerprint density at radius 3 is 2.45 bits per heavy atom. The van der Waals surface area contributed by atoms with Crippen LogP contribution in [0.2, 0.25) is 0 Å². The number of aromatic nitrogens is 1. The lowest BCUT2D eigenvalue weighted by Crippen LogP contribution is -2.58. The van der Waals surface area contributed by atoms with Crippen LogP contribution >= 0.6 is 0 Å². The lowest BCUT2D eigenvalue weighted by Gasteiger charge is -2.31. The van der Waals surface area contributed by atoms with E-state index in [9.17, 15) is 24.3 Å². The Bertz CT molecular complexity index is 1150. The van der Waals surface area contributed by atoms with Gasteiger partial charge in [-0.15, -0.1) is 0 Å². The third-order valence-electron chi connectivity index (χ3n) is 7.89. The number of carbonyl (C=O) groups excluding carboxylic acids is 3. The number of amides is 3. The van der Waals surface area contributed by atoms with Crippen LogP contribution in [0.1, 0.15) is 58.9 Å². The number of nitrogens with one attached hydrogen (secondary N) is 3. The van der Waals surface area contributed by atoms with Crippen molar-refractivity contribution in [1.82, 2.24) is 20.5 Å². The maximum atomic E-state index is 13.4. The van der Waals surface area contributed by atoms with Crippen molar-refractivity contribution in [2.45, 2.75) is 84.0 Å². The summed E-state index contributed by atoms with van der Waals surface area (Å²) in [6.45, 7) is 8.04. The second-order valence-corrected chi connectivity index (χ2v) is 10.4. The van der Waals surface area contributed by atoms with Crippen molar-refractivity contribution in [3.05, 3.63) is 36.0 Å². The molecule has 6 N–H and O–H groups in total. The van der Waals surface area contributed by atoms with E-state index in [0.717, 1.165) is 22.9 Å².